The maximum Gasteiger partial charge on any atom is 0.236 e. The molecule has 4 aromatic rings. The lowest BCUT2D eigenvalue weighted by Gasteiger charge is -2.11. The molecule has 2 aromatic heterocycles. The molecule has 1 N–H and O–H groups in total. The van der Waals surface area contributed by atoms with Crippen molar-refractivity contribution in [3.63, 3.8) is 0 Å². The lowest BCUT2D eigenvalue weighted by atomic mass is 10.3. The van der Waals surface area contributed by atoms with Crippen LogP contribution in [0.1, 0.15) is 30.1 Å². The van der Waals surface area contributed by atoms with Crippen LogP contribution in [0.3, 0.4) is 0 Å². The van der Waals surface area contributed by atoms with E-state index in [1.807, 2.05) is 65.2 Å². The first-order valence-corrected chi connectivity index (χ1v) is 11.2. The highest BCUT2D eigenvalue weighted by molar-refractivity contribution is 7.99. The summed E-state index contributed by atoms with van der Waals surface area (Å²) in [5.41, 5.74) is 2.04. The maximum atomic E-state index is 12.8. The van der Waals surface area contributed by atoms with Crippen LogP contribution >= 0.6 is 11.8 Å². The number of rotatable bonds is 7. The molecule has 8 nitrogen and oxygen atoms in total. The molecular weight excluding hydrogens is 422 g/mol. The van der Waals surface area contributed by atoms with Crippen molar-refractivity contribution in [2.24, 2.45) is 0 Å². The van der Waals surface area contributed by atoms with Gasteiger partial charge >= 0.3 is 0 Å². The zero-order valence-corrected chi connectivity index (χ0v) is 17.9. The van der Waals surface area contributed by atoms with Crippen LogP contribution in [0.2, 0.25) is 0 Å². The predicted octanol–water partition coefficient (Wildman–Crippen LogP) is 3.93. The second-order valence-electron chi connectivity index (χ2n) is 7.39. The average molecular weight is 442 g/mol. The fourth-order valence-electron chi connectivity index (χ4n) is 3.41. The first kappa shape index (κ1) is 20.0. The summed E-state index contributed by atoms with van der Waals surface area (Å²) < 4.78 is 3.59. The highest BCUT2D eigenvalue weighted by Crippen LogP contribution is 2.41. The molecule has 1 amide bonds. The molecule has 0 radical (unpaired) electrons. The molecule has 0 aliphatic heterocycles. The Morgan fingerprint density at radius 2 is 1.75 bits per heavy atom. The fraction of sp³-hybridized carbons (Fsp3) is 0.174. The summed E-state index contributed by atoms with van der Waals surface area (Å²) in [4.78, 5) is 12.8. The number of para-hydroxylation sites is 2. The van der Waals surface area contributed by atoms with Crippen LogP contribution in [-0.2, 0) is 4.79 Å². The van der Waals surface area contributed by atoms with Gasteiger partial charge in [-0.1, -0.05) is 48.2 Å². The van der Waals surface area contributed by atoms with Crippen LogP contribution in [-0.4, -0.2) is 36.2 Å². The van der Waals surface area contributed by atoms with Crippen LogP contribution in [0.25, 0.3) is 11.4 Å². The third-order valence-corrected chi connectivity index (χ3v) is 6.02. The summed E-state index contributed by atoms with van der Waals surface area (Å²) in [6, 6.07) is 21.4. The summed E-state index contributed by atoms with van der Waals surface area (Å²) in [5.74, 6) is 1.59. The Bertz CT molecular complexity index is 1290. The van der Waals surface area contributed by atoms with E-state index in [1.54, 1.807) is 4.68 Å². The molecule has 0 spiro atoms. The lowest BCUT2D eigenvalue weighted by Crippen LogP contribution is -2.18. The zero-order valence-electron chi connectivity index (χ0n) is 17.0. The molecule has 0 atom stereocenters. The van der Waals surface area contributed by atoms with E-state index < -0.39 is 0 Å². The largest absolute Gasteiger partial charge is 0.309 e. The second-order valence-corrected chi connectivity index (χ2v) is 8.33. The van der Waals surface area contributed by atoms with E-state index in [0.29, 0.717) is 22.5 Å². The van der Waals surface area contributed by atoms with Gasteiger partial charge in [-0.05, 0) is 37.1 Å². The average Bonchev–Trinajstić information content (AvgIpc) is 3.47. The number of carbonyl (C=O) groups excluding carboxylic acids is 1. The van der Waals surface area contributed by atoms with Gasteiger partial charge in [0.05, 0.1) is 17.6 Å². The Kier molecular flexibility index (Phi) is 5.44. The second kappa shape index (κ2) is 8.69. The highest BCUT2D eigenvalue weighted by Gasteiger charge is 2.31. The number of aromatic nitrogens is 5. The Morgan fingerprint density at radius 3 is 2.41 bits per heavy atom. The standard InChI is InChI=1S/C23H19N7OS/c24-13-17-14-25-30(19-9-5-2-6-10-19)21(17)26-20(31)15-32-23-28-27-22(16-11-12-16)29(23)18-7-3-1-4-8-18/h1-10,14,16H,11-12,15H2,(H,26,31). The van der Waals surface area contributed by atoms with E-state index in [9.17, 15) is 10.1 Å². The molecule has 158 valence electrons. The van der Waals surface area contributed by atoms with Crippen LogP contribution in [0, 0.1) is 11.3 Å². The van der Waals surface area contributed by atoms with Crippen LogP contribution < -0.4 is 5.32 Å². The van der Waals surface area contributed by atoms with Crippen molar-refractivity contribution < 1.29 is 4.79 Å². The molecular formula is C23H19N7OS. The highest BCUT2D eigenvalue weighted by atomic mass is 32.2. The molecule has 2 heterocycles. The number of nitriles is 1. The van der Waals surface area contributed by atoms with E-state index in [1.165, 1.54) is 18.0 Å². The smallest absolute Gasteiger partial charge is 0.236 e. The minimum Gasteiger partial charge on any atom is -0.309 e. The van der Waals surface area contributed by atoms with Crippen LogP contribution in [0.4, 0.5) is 5.82 Å². The third-order valence-electron chi connectivity index (χ3n) is 5.10. The molecule has 1 fully saturated rings. The van der Waals surface area contributed by atoms with Crippen molar-refractivity contribution in [3.05, 3.63) is 78.2 Å². The van der Waals surface area contributed by atoms with Gasteiger partial charge in [-0.2, -0.15) is 10.4 Å². The number of hydrogen-bond donors (Lipinski definition) is 1. The van der Waals surface area contributed by atoms with Crippen molar-refractivity contribution in [3.8, 4) is 17.4 Å². The normalized spacial score (nSPS) is 13.0. The summed E-state index contributed by atoms with van der Waals surface area (Å²) in [5, 5.41) is 26.0. The number of nitrogens with zero attached hydrogens (tertiary/aromatic N) is 6. The Morgan fingerprint density at radius 1 is 1.06 bits per heavy atom. The van der Waals surface area contributed by atoms with E-state index in [2.05, 4.69) is 26.7 Å². The SMILES string of the molecule is N#Cc1cnn(-c2ccccc2)c1NC(=O)CSc1nnc(C2CC2)n1-c1ccccc1. The van der Waals surface area contributed by atoms with Gasteiger partial charge < -0.3 is 5.32 Å². The molecule has 5 rings (SSSR count). The van der Waals surface area contributed by atoms with Crippen molar-refractivity contribution in [1.29, 1.82) is 5.26 Å². The van der Waals surface area contributed by atoms with E-state index >= 15 is 0 Å². The minimum atomic E-state index is -0.250. The van der Waals surface area contributed by atoms with Gasteiger partial charge in [-0.3, -0.25) is 9.36 Å². The predicted molar refractivity (Wildman–Crippen MR) is 121 cm³/mol. The molecule has 32 heavy (non-hydrogen) atoms. The number of hydrogen-bond acceptors (Lipinski definition) is 6. The number of thioether (sulfide) groups is 1. The number of carbonyl (C=O) groups is 1. The molecule has 0 unspecified atom stereocenters. The van der Waals surface area contributed by atoms with Gasteiger partial charge in [-0.25, -0.2) is 4.68 Å². The third kappa shape index (κ3) is 4.00. The van der Waals surface area contributed by atoms with E-state index in [-0.39, 0.29) is 11.7 Å². The summed E-state index contributed by atoms with van der Waals surface area (Å²) >= 11 is 1.32. The fourth-order valence-corrected chi connectivity index (χ4v) is 4.17. The molecule has 0 saturated heterocycles. The Balaban J connectivity index is 1.35. The summed E-state index contributed by atoms with van der Waals surface area (Å²) in [6.45, 7) is 0. The first-order valence-electron chi connectivity index (χ1n) is 10.2. The number of anilines is 1. The molecule has 2 aromatic carbocycles. The number of amides is 1. The quantitative estimate of drug-likeness (QED) is 0.436. The van der Waals surface area contributed by atoms with Gasteiger partial charge in [0, 0.05) is 11.6 Å². The number of nitrogens with one attached hydrogen (secondary N) is 1. The lowest BCUT2D eigenvalue weighted by molar-refractivity contribution is -0.113. The van der Waals surface area contributed by atoms with Gasteiger partial charge in [0.1, 0.15) is 17.5 Å². The Labute approximate surface area is 188 Å². The van der Waals surface area contributed by atoms with Crippen LogP contribution in [0.5, 0.6) is 0 Å². The molecule has 1 saturated carbocycles. The maximum absolute atomic E-state index is 12.8. The monoisotopic (exact) mass is 441 g/mol. The summed E-state index contributed by atoms with van der Waals surface area (Å²) in [7, 11) is 0. The van der Waals surface area contributed by atoms with Gasteiger partial charge in [-0.15, -0.1) is 10.2 Å². The summed E-state index contributed by atoms with van der Waals surface area (Å²) in [6.07, 6.45) is 3.66. The van der Waals surface area contributed by atoms with Gasteiger partial charge in [0.25, 0.3) is 0 Å². The molecule has 1 aliphatic carbocycles. The van der Waals surface area contributed by atoms with Gasteiger partial charge in [0.2, 0.25) is 5.91 Å². The minimum absolute atomic E-state index is 0.125. The number of benzene rings is 2. The zero-order chi connectivity index (χ0) is 21.9. The van der Waals surface area contributed by atoms with E-state index in [0.717, 1.165) is 30.0 Å². The van der Waals surface area contributed by atoms with Crippen molar-refractivity contribution >= 4 is 23.5 Å². The van der Waals surface area contributed by atoms with Crippen molar-refractivity contribution in [2.75, 3.05) is 11.1 Å². The van der Waals surface area contributed by atoms with Crippen molar-refractivity contribution in [1.82, 2.24) is 24.5 Å². The molecule has 1 aliphatic rings. The first-order chi connectivity index (χ1) is 15.7. The van der Waals surface area contributed by atoms with Crippen molar-refractivity contribution in [2.45, 2.75) is 23.9 Å². The van der Waals surface area contributed by atoms with Gasteiger partial charge in [0.15, 0.2) is 11.0 Å². The topological polar surface area (TPSA) is 101 Å². The van der Waals surface area contributed by atoms with Crippen LogP contribution in [0.15, 0.2) is 72.0 Å². The van der Waals surface area contributed by atoms with E-state index in [4.69, 9.17) is 0 Å². The molecule has 9 heteroatoms. The Hall–Kier alpha value is -3.90. The molecule has 0 bridgehead atoms.